The largest absolute Gasteiger partial charge is 0.334 e. The number of sulfone groups is 1. The molecular formula is C18H32N3O3S+. The van der Waals surface area contributed by atoms with E-state index in [4.69, 9.17) is 0 Å². The molecule has 0 aliphatic heterocycles. The smallest absolute Gasteiger partial charge is 0.317 e. The third-order valence-corrected chi connectivity index (χ3v) is 6.05. The molecule has 6 nitrogen and oxygen atoms in total. The summed E-state index contributed by atoms with van der Waals surface area (Å²) in [6, 6.07) is 8.09. The van der Waals surface area contributed by atoms with Gasteiger partial charge < -0.3 is 15.1 Å². The third kappa shape index (κ3) is 7.04. The number of hydrogen-bond donors (Lipinski definition) is 2. The molecule has 0 aromatic heterocycles. The monoisotopic (exact) mass is 370 g/mol. The van der Waals surface area contributed by atoms with Crippen molar-refractivity contribution in [2.75, 3.05) is 38.5 Å². The van der Waals surface area contributed by atoms with E-state index in [0.717, 1.165) is 19.6 Å². The lowest BCUT2D eigenvalue weighted by molar-refractivity contribution is -0.895. The molecule has 1 aromatic carbocycles. The summed E-state index contributed by atoms with van der Waals surface area (Å²) in [5, 5.41) is 2.91. The zero-order chi connectivity index (χ0) is 18.9. The average molecular weight is 371 g/mol. The van der Waals surface area contributed by atoms with Crippen LogP contribution >= 0.6 is 0 Å². The minimum atomic E-state index is -3.39. The topological polar surface area (TPSA) is 70.9 Å². The Labute approximate surface area is 152 Å². The molecule has 0 aliphatic rings. The number of likely N-dealkylation sites (N-methyl/N-ethyl adjacent to an activating group) is 1. The van der Waals surface area contributed by atoms with E-state index in [-0.39, 0.29) is 24.4 Å². The van der Waals surface area contributed by atoms with Crippen LogP contribution in [0, 0.1) is 0 Å². The van der Waals surface area contributed by atoms with Crippen LogP contribution in [-0.2, 0) is 9.84 Å². The van der Waals surface area contributed by atoms with Gasteiger partial charge in [0.2, 0.25) is 0 Å². The van der Waals surface area contributed by atoms with E-state index >= 15 is 0 Å². The third-order valence-electron chi connectivity index (χ3n) is 4.34. The van der Waals surface area contributed by atoms with Crippen LogP contribution in [0.3, 0.4) is 0 Å². The molecule has 0 unspecified atom stereocenters. The molecule has 0 heterocycles. The van der Waals surface area contributed by atoms with Gasteiger partial charge >= 0.3 is 6.03 Å². The van der Waals surface area contributed by atoms with Crippen LogP contribution in [-0.4, -0.2) is 63.9 Å². The first-order valence-electron chi connectivity index (χ1n) is 8.97. The Kier molecular flexibility index (Phi) is 8.92. The molecule has 0 saturated carbocycles. The summed E-state index contributed by atoms with van der Waals surface area (Å²) >= 11 is 0. The fraction of sp³-hybridized carbons (Fsp3) is 0.611. The van der Waals surface area contributed by atoms with Crippen molar-refractivity contribution >= 4 is 15.9 Å². The number of nitrogens with one attached hydrogen (secondary N) is 2. The Hall–Kier alpha value is -1.60. The number of amides is 2. The molecule has 7 heteroatoms. The molecule has 0 bridgehead atoms. The predicted molar refractivity (Wildman–Crippen MR) is 101 cm³/mol. The van der Waals surface area contributed by atoms with Crippen LogP contribution in [0.5, 0.6) is 0 Å². The minimum absolute atomic E-state index is 0.0632. The van der Waals surface area contributed by atoms with Crippen molar-refractivity contribution in [1.29, 1.82) is 0 Å². The Morgan fingerprint density at radius 1 is 1.16 bits per heavy atom. The van der Waals surface area contributed by atoms with Gasteiger partial charge in [-0.05, 0) is 39.8 Å². The molecule has 0 saturated heterocycles. The van der Waals surface area contributed by atoms with Crippen molar-refractivity contribution in [3.8, 4) is 0 Å². The number of carbonyl (C=O) groups excluding carboxylic acids is 1. The Morgan fingerprint density at radius 3 is 2.28 bits per heavy atom. The Balaban J connectivity index is 2.60. The molecule has 142 valence electrons. The molecule has 0 fully saturated rings. The van der Waals surface area contributed by atoms with E-state index < -0.39 is 9.84 Å². The number of quaternary nitrogens is 1. The first kappa shape index (κ1) is 21.4. The summed E-state index contributed by atoms with van der Waals surface area (Å²) in [5.74, 6) is -0.0795. The van der Waals surface area contributed by atoms with Gasteiger partial charge in [-0.15, -0.1) is 0 Å². The van der Waals surface area contributed by atoms with Gasteiger partial charge in [-0.2, -0.15) is 0 Å². The number of urea groups is 1. The molecule has 2 amide bonds. The van der Waals surface area contributed by atoms with Crippen LogP contribution in [0.25, 0.3) is 0 Å². The number of rotatable bonds is 10. The zero-order valence-electron chi connectivity index (χ0n) is 15.8. The molecule has 1 rings (SSSR count). The molecule has 1 aromatic rings. The van der Waals surface area contributed by atoms with Crippen LogP contribution in [0.4, 0.5) is 4.79 Å². The maximum Gasteiger partial charge on any atom is 0.317 e. The Bertz CT molecular complexity index is 614. The lowest BCUT2D eigenvalue weighted by Crippen LogP contribution is -3.12. The second kappa shape index (κ2) is 10.4. The number of carbonyl (C=O) groups is 1. The van der Waals surface area contributed by atoms with Gasteiger partial charge in [0.15, 0.2) is 9.84 Å². The fourth-order valence-electron chi connectivity index (χ4n) is 2.61. The van der Waals surface area contributed by atoms with Crippen molar-refractivity contribution in [2.24, 2.45) is 0 Å². The molecule has 0 spiro atoms. The predicted octanol–water partition coefficient (Wildman–Crippen LogP) is 0.805. The van der Waals surface area contributed by atoms with E-state index in [1.165, 1.54) is 4.90 Å². The van der Waals surface area contributed by atoms with Crippen molar-refractivity contribution in [1.82, 2.24) is 10.2 Å². The summed E-state index contributed by atoms with van der Waals surface area (Å²) < 4.78 is 24.8. The molecule has 25 heavy (non-hydrogen) atoms. The highest BCUT2D eigenvalue weighted by Gasteiger charge is 2.21. The second-order valence-electron chi connectivity index (χ2n) is 6.36. The second-order valence-corrected chi connectivity index (χ2v) is 8.47. The Morgan fingerprint density at radius 2 is 1.76 bits per heavy atom. The summed E-state index contributed by atoms with van der Waals surface area (Å²) in [7, 11) is -3.39. The fourth-order valence-corrected chi connectivity index (χ4v) is 3.85. The molecule has 0 atom stereocenters. The standard InChI is InChI=1S/C18H31N3O3S/c1-5-20(6-2)13-12-19-18(22)21(16(3)4)14-15-25(23,24)17-10-8-7-9-11-17/h7-11,16H,5-6,12-15H2,1-4H3,(H,19,22)/p+1. The van der Waals surface area contributed by atoms with Crippen LogP contribution in [0.15, 0.2) is 35.2 Å². The van der Waals surface area contributed by atoms with Gasteiger partial charge in [0.25, 0.3) is 0 Å². The SMILES string of the molecule is CC[NH+](CC)CCNC(=O)N(CCS(=O)(=O)c1ccccc1)C(C)C. The maximum absolute atomic E-state index is 12.4. The van der Waals surface area contributed by atoms with Gasteiger partial charge in [-0.1, -0.05) is 18.2 Å². The lowest BCUT2D eigenvalue weighted by Gasteiger charge is -2.27. The molecule has 0 aliphatic carbocycles. The van der Waals surface area contributed by atoms with Crippen LogP contribution in [0.2, 0.25) is 0 Å². The number of nitrogens with zero attached hydrogens (tertiary/aromatic N) is 1. The highest BCUT2D eigenvalue weighted by Crippen LogP contribution is 2.11. The van der Waals surface area contributed by atoms with Crippen molar-refractivity contribution in [3.63, 3.8) is 0 Å². The van der Waals surface area contributed by atoms with Crippen LogP contribution < -0.4 is 10.2 Å². The minimum Gasteiger partial charge on any atom is -0.334 e. The summed E-state index contributed by atoms with van der Waals surface area (Å²) in [5.41, 5.74) is 0. The van der Waals surface area contributed by atoms with E-state index in [0.29, 0.717) is 11.4 Å². The van der Waals surface area contributed by atoms with Crippen LogP contribution in [0.1, 0.15) is 27.7 Å². The average Bonchev–Trinajstić information content (AvgIpc) is 2.59. The highest BCUT2D eigenvalue weighted by molar-refractivity contribution is 7.91. The van der Waals surface area contributed by atoms with E-state index in [1.807, 2.05) is 13.8 Å². The maximum atomic E-state index is 12.4. The number of hydrogen-bond acceptors (Lipinski definition) is 3. The lowest BCUT2D eigenvalue weighted by atomic mass is 10.3. The summed E-state index contributed by atoms with van der Waals surface area (Å²) in [6.07, 6.45) is 0. The van der Waals surface area contributed by atoms with Gasteiger partial charge in [0.05, 0.1) is 36.8 Å². The quantitative estimate of drug-likeness (QED) is 0.640. The van der Waals surface area contributed by atoms with E-state index in [9.17, 15) is 13.2 Å². The normalized spacial score (nSPS) is 11.8. The summed E-state index contributed by atoms with van der Waals surface area (Å²) in [4.78, 5) is 15.7. The first-order chi connectivity index (χ1) is 11.8. The highest BCUT2D eigenvalue weighted by atomic mass is 32.2. The van der Waals surface area contributed by atoms with Crippen molar-refractivity contribution in [3.05, 3.63) is 30.3 Å². The zero-order valence-corrected chi connectivity index (χ0v) is 16.6. The molecule has 0 radical (unpaired) electrons. The van der Waals surface area contributed by atoms with E-state index in [2.05, 4.69) is 19.2 Å². The van der Waals surface area contributed by atoms with Crippen molar-refractivity contribution < 1.29 is 18.1 Å². The molecule has 2 N–H and O–H groups in total. The van der Waals surface area contributed by atoms with Crippen molar-refractivity contribution in [2.45, 2.75) is 38.6 Å². The summed E-state index contributed by atoms with van der Waals surface area (Å²) in [6.45, 7) is 11.7. The first-order valence-corrected chi connectivity index (χ1v) is 10.6. The number of benzene rings is 1. The van der Waals surface area contributed by atoms with Gasteiger partial charge in [0, 0.05) is 12.6 Å². The van der Waals surface area contributed by atoms with Gasteiger partial charge in [0.1, 0.15) is 0 Å². The van der Waals surface area contributed by atoms with Gasteiger partial charge in [-0.3, -0.25) is 0 Å². The molecular weight excluding hydrogens is 338 g/mol. The van der Waals surface area contributed by atoms with E-state index in [1.54, 1.807) is 35.2 Å². The van der Waals surface area contributed by atoms with Gasteiger partial charge in [-0.25, -0.2) is 13.2 Å².